The number of amides is 1. The number of aryl methyl sites for hydroxylation is 2. The summed E-state index contributed by atoms with van der Waals surface area (Å²) in [5, 5.41) is 16.8. The summed E-state index contributed by atoms with van der Waals surface area (Å²) in [5.74, 6) is 0.986. The summed E-state index contributed by atoms with van der Waals surface area (Å²) in [6, 6.07) is 10.3. The number of anilines is 1. The molecular weight excluding hydrogens is 434 g/mol. The average molecular weight is 456 g/mol. The maximum Gasteiger partial charge on any atom is 0.236 e. The van der Waals surface area contributed by atoms with Gasteiger partial charge in [-0.2, -0.15) is 0 Å². The first-order valence-electron chi connectivity index (χ1n) is 9.48. The van der Waals surface area contributed by atoms with Crippen molar-refractivity contribution >= 4 is 45.5 Å². The van der Waals surface area contributed by atoms with Crippen molar-refractivity contribution in [2.24, 2.45) is 0 Å². The topological polar surface area (TPSA) is 72.7 Å². The largest absolute Gasteiger partial charge is 0.302 e. The van der Waals surface area contributed by atoms with Crippen LogP contribution in [0.3, 0.4) is 0 Å². The second-order valence-corrected chi connectivity index (χ2v) is 9.47. The molecule has 0 saturated heterocycles. The zero-order chi connectivity index (χ0) is 21.1. The molecule has 1 aromatic carbocycles. The van der Waals surface area contributed by atoms with E-state index in [2.05, 4.69) is 59.5 Å². The summed E-state index contributed by atoms with van der Waals surface area (Å²) in [6.07, 6.45) is 0. The normalized spacial score (nSPS) is 11.0. The first kappa shape index (κ1) is 20.8. The van der Waals surface area contributed by atoms with E-state index in [1.807, 2.05) is 27.5 Å². The number of thiazole rings is 1. The third-order valence-corrected chi connectivity index (χ3v) is 7.11. The summed E-state index contributed by atoms with van der Waals surface area (Å²) < 4.78 is 2.03. The molecular formula is C21H21N5OS3. The lowest BCUT2D eigenvalue weighted by atomic mass is 10.0. The number of benzene rings is 1. The number of aromatic nitrogens is 4. The predicted molar refractivity (Wildman–Crippen MR) is 125 cm³/mol. The maximum atomic E-state index is 12.5. The Labute approximate surface area is 187 Å². The van der Waals surface area contributed by atoms with Gasteiger partial charge in [-0.05, 0) is 37.8 Å². The summed E-state index contributed by atoms with van der Waals surface area (Å²) in [4.78, 5) is 18.1. The van der Waals surface area contributed by atoms with Crippen molar-refractivity contribution in [3.8, 4) is 22.0 Å². The molecule has 6 nitrogen and oxygen atoms in total. The van der Waals surface area contributed by atoms with Gasteiger partial charge in [-0.1, -0.05) is 41.6 Å². The lowest BCUT2D eigenvalue weighted by Gasteiger charge is -2.06. The SMILES string of the molecule is CCn1c(SCC(=O)Nc2nc(-c3ccc(C)cc3C)cs2)nnc1-c1cccs1. The van der Waals surface area contributed by atoms with Crippen LogP contribution < -0.4 is 5.32 Å². The van der Waals surface area contributed by atoms with Crippen LogP contribution in [0, 0.1) is 13.8 Å². The summed E-state index contributed by atoms with van der Waals surface area (Å²) in [5.41, 5.74) is 4.36. The van der Waals surface area contributed by atoms with E-state index < -0.39 is 0 Å². The van der Waals surface area contributed by atoms with Crippen molar-refractivity contribution < 1.29 is 4.79 Å². The summed E-state index contributed by atoms with van der Waals surface area (Å²) in [7, 11) is 0. The number of thioether (sulfide) groups is 1. The molecule has 0 unspecified atom stereocenters. The lowest BCUT2D eigenvalue weighted by molar-refractivity contribution is -0.113. The van der Waals surface area contributed by atoms with Crippen LogP contribution in [0.5, 0.6) is 0 Å². The van der Waals surface area contributed by atoms with E-state index in [1.165, 1.54) is 34.2 Å². The van der Waals surface area contributed by atoms with Crippen LogP contribution in [0.4, 0.5) is 5.13 Å². The van der Waals surface area contributed by atoms with Crippen LogP contribution in [-0.2, 0) is 11.3 Å². The molecule has 154 valence electrons. The van der Waals surface area contributed by atoms with Crippen molar-refractivity contribution in [1.29, 1.82) is 0 Å². The molecule has 0 atom stereocenters. The molecule has 0 radical (unpaired) electrons. The smallest absolute Gasteiger partial charge is 0.236 e. The number of hydrogen-bond donors (Lipinski definition) is 1. The van der Waals surface area contributed by atoms with Gasteiger partial charge in [-0.25, -0.2) is 4.98 Å². The van der Waals surface area contributed by atoms with Gasteiger partial charge in [0.05, 0.1) is 16.3 Å². The van der Waals surface area contributed by atoms with E-state index in [1.54, 1.807) is 11.3 Å². The van der Waals surface area contributed by atoms with Gasteiger partial charge in [0.2, 0.25) is 5.91 Å². The molecule has 1 N–H and O–H groups in total. The molecule has 9 heteroatoms. The van der Waals surface area contributed by atoms with E-state index in [9.17, 15) is 4.79 Å². The fourth-order valence-corrected chi connectivity index (χ4v) is 5.36. The number of nitrogens with zero attached hydrogens (tertiary/aromatic N) is 4. The highest BCUT2D eigenvalue weighted by atomic mass is 32.2. The van der Waals surface area contributed by atoms with Crippen LogP contribution in [0.15, 0.2) is 46.2 Å². The van der Waals surface area contributed by atoms with Gasteiger partial charge in [0.25, 0.3) is 0 Å². The first-order valence-corrected chi connectivity index (χ1v) is 12.2. The molecule has 3 aromatic heterocycles. The van der Waals surface area contributed by atoms with E-state index in [0.717, 1.165) is 33.7 Å². The first-order chi connectivity index (χ1) is 14.5. The minimum atomic E-state index is -0.107. The lowest BCUT2D eigenvalue weighted by Crippen LogP contribution is -2.14. The summed E-state index contributed by atoms with van der Waals surface area (Å²) in [6.45, 7) is 6.94. The molecule has 30 heavy (non-hydrogen) atoms. The second-order valence-electron chi connectivity index (χ2n) is 6.72. The zero-order valence-electron chi connectivity index (χ0n) is 16.9. The van der Waals surface area contributed by atoms with Crippen molar-refractivity contribution in [3.05, 3.63) is 52.2 Å². The third-order valence-electron chi connectivity index (χ3n) is 4.52. The highest BCUT2D eigenvalue weighted by molar-refractivity contribution is 7.99. The molecule has 0 saturated carbocycles. The van der Waals surface area contributed by atoms with Gasteiger partial charge in [0, 0.05) is 17.5 Å². The van der Waals surface area contributed by atoms with Crippen molar-refractivity contribution in [2.75, 3.05) is 11.1 Å². The van der Waals surface area contributed by atoms with Crippen LogP contribution in [-0.4, -0.2) is 31.4 Å². The van der Waals surface area contributed by atoms with Crippen LogP contribution in [0.1, 0.15) is 18.1 Å². The van der Waals surface area contributed by atoms with E-state index in [4.69, 9.17) is 0 Å². The van der Waals surface area contributed by atoms with Crippen LogP contribution in [0.2, 0.25) is 0 Å². The maximum absolute atomic E-state index is 12.5. The fourth-order valence-electron chi connectivity index (χ4n) is 3.11. The Bertz CT molecular complexity index is 1160. The summed E-state index contributed by atoms with van der Waals surface area (Å²) >= 11 is 4.44. The Morgan fingerprint density at radius 1 is 1.20 bits per heavy atom. The molecule has 1 amide bonds. The van der Waals surface area contributed by atoms with Crippen molar-refractivity contribution in [3.63, 3.8) is 0 Å². The van der Waals surface area contributed by atoms with Crippen LogP contribution >= 0.6 is 34.4 Å². The van der Waals surface area contributed by atoms with Gasteiger partial charge in [-0.3, -0.25) is 4.79 Å². The van der Waals surface area contributed by atoms with E-state index in [0.29, 0.717) is 5.13 Å². The Morgan fingerprint density at radius 3 is 2.80 bits per heavy atom. The predicted octanol–water partition coefficient (Wildman–Crippen LogP) is 5.50. The highest BCUT2D eigenvalue weighted by Crippen LogP contribution is 2.29. The van der Waals surface area contributed by atoms with Gasteiger partial charge >= 0.3 is 0 Å². The quantitative estimate of drug-likeness (QED) is 0.373. The van der Waals surface area contributed by atoms with Crippen molar-refractivity contribution in [2.45, 2.75) is 32.5 Å². The van der Waals surface area contributed by atoms with Crippen LogP contribution in [0.25, 0.3) is 22.0 Å². The standard InChI is InChI=1S/C21H21N5OS3/c1-4-26-19(17-6-5-9-28-17)24-25-21(26)30-12-18(27)23-20-22-16(11-29-20)15-8-7-13(2)10-14(15)3/h5-11H,4,12H2,1-3H3,(H,22,23,27). The second kappa shape index (κ2) is 9.11. The van der Waals surface area contributed by atoms with Crippen molar-refractivity contribution in [1.82, 2.24) is 19.7 Å². The number of nitrogens with one attached hydrogen (secondary N) is 1. The molecule has 0 aliphatic rings. The minimum absolute atomic E-state index is 0.107. The minimum Gasteiger partial charge on any atom is -0.302 e. The number of carbonyl (C=O) groups is 1. The van der Waals surface area contributed by atoms with E-state index >= 15 is 0 Å². The monoisotopic (exact) mass is 455 g/mol. The Balaban J connectivity index is 1.40. The molecule has 4 rings (SSSR count). The fraction of sp³-hybridized carbons (Fsp3) is 0.238. The van der Waals surface area contributed by atoms with Gasteiger partial charge < -0.3 is 9.88 Å². The van der Waals surface area contributed by atoms with Gasteiger partial charge in [0.15, 0.2) is 16.1 Å². The van der Waals surface area contributed by atoms with E-state index in [-0.39, 0.29) is 11.7 Å². The molecule has 0 bridgehead atoms. The third kappa shape index (κ3) is 4.48. The van der Waals surface area contributed by atoms with Gasteiger partial charge in [-0.15, -0.1) is 32.9 Å². The molecule has 3 heterocycles. The Hall–Kier alpha value is -2.49. The number of carbonyl (C=O) groups excluding carboxylic acids is 1. The Morgan fingerprint density at radius 2 is 2.07 bits per heavy atom. The molecule has 0 spiro atoms. The highest BCUT2D eigenvalue weighted by Gasteiger charge is 2.16. The molecule has 0 fully saturated rings. The molecule has 0 aliphatic carbocycles. The number of thiophene rings is 1. The zero-order valence-corrected chi connectivity index (χ0v) is 19.3. The van der Waals surface area contributed by atoms with Gasteiger partial charge in [0.1, 0.15) is 0 Å². The average Bonchev–Trinajstić information content (AvgIpc) is 3.46. The molecule has 4 aromatic rings. The molecule has 0 aliphatic heterocycles. The Kier molecular flexibility index (Phi) is 6.31. The number of rotatable bonds is 7. The number of hydrogen-bond acceptors (Lipinski definition) is 7.